The summed E-state index contributed by atoms with van der Waals surface area (Å²) in [5, 5.41) is 8.87. The van der Waals surface area contributed by atoms with E-state index in [0.717, 1.165) is 5.56 Å². The number of imidazole rings is 1. The van der Waals surface area contributed by atoms with Crippen LogP contribution in [0.25, 0.3) is 16.9 Å². The van der Waals surface area contributed by atoms with Gasteiger partial charge in [-0.1, -0.05) is 36.4 Å². The van der Waals surface area contributed by atoms with Crippen LogP contribution < -0.4 is 0 Å². The molecule has 0 atom stereocenters. The molecule has 21 heavy (non-hydrogen) atoms. The van der Waals surface area contributed by atoms with Gasteiger partial charge in [0.05, 0.1) is 0 Å². The van der Waals surface area contributed by atoms with Gasteiger partial charge in [-0.15, -0.1) is 0 Å². The normalized spacial score (nSPS) is 10.7. The Balaban J connectivity index is 2.24. The van der Waals surface area contributed by atoms with Crippen molar-refractivity contribution in [2.75, 3.05) is 0 Å². The van der Waals surface area contributed by atoms with Crippen LogP contribution in [0.3, 0.4) is 0 Å². The highest BCUT2D eigenvalue weighted by atomic mass is 16.4. The summed E-state index contributed by atoms with van der Waals surface area (Å²) in [6.45, 7) is 0. The summed E-state index contributed by atoms with van der Waals surface area (Å²) >= 11 is 0. The number of Topliss-reactive ketones (excluding diaryl/α,β-unsaturated/α-hetero) is 1. The first kappa shape index (κ1) is 13.1. The Morgan fingerprint density at radius 3 is 2.48 bits per heavy atom. The van der Waals surface area contributed by atoms with Crippen molar-refractivity contribution >= 4 is 17.4 Å². The highest BCUT2D eigenvalue weighted by molar-refractivity contribution is 6.08. The molecule has 2 aromatic heterocycles. The first-order chi connectivity index (χ1) is 10.2. The molecule has 104 valence electrons. The number of ketones is 1. The Morgan fingerprint density at radius 1 is 1.05 bits per heavy atom. The van der Waals surface area contributed by atoms with Gasteiger partial charge in [-0.3, -0.25) is 14.0 Å². The minimum absolute atomic E-state index is 0.305. The summed E-state index contributed by atoms with van der Waals surface area (Å²) in [4.78, 5) is 27.6. The van der Waals surface area contributed by atoms with Crippen LogP contribution in [-0.4, -0.2) is 26.2 Å². The summed E-state index contributed by atoms with van der Waals surface area (Å²) in [5.41, 5.74) is 2.22. The summed E-state index contributed by atoms with van der Waals surface area (Å²) < 4.78 is 1.63. The van der Waals surface area contributed by atoms with Crippen LogP contribution >= 0.6 is 0 Å². The van der Waals surface area contributed by atoms with E-state index >= 15 is 0 Å². The molecule has 2 heterocycles. The predicted octanol–water partition coefficient (Wildman–Crippen LogP) is 2.66. The molecule has 3 rings (SSSR count). The molecule has 0 radical (unpaired) electrons. The predicted molar refractivity (Wildman–Crippen MR) is 77.2 cm³/mol. The number of carbonyl (C=O) groups excluding carboxylic acids is 1. The topological polar surface area (TPSA) is 71.7 Å². The second kappa shape index (κ2) is 5.20. The van der Waals surface area contributed by atoms with E-state index in [1.807, 2.05) is 36.4 Å². The average Bonchev–Trinajstić information content (AvgIpc) is 2.87. The monoisotopic (exact) mass is 280 g/mol. The van der Waals surface area contributed by atoms with Crippen LogP contribution in [0.5, 0.6) is 0 Å². The summed E-state index contributed by atoms with van der Waals surface area (Å²) in [7, 11) is 0. The molecule has 0 fully saturated rings. The number of carboxylic acid groups (broad SMARTS) is 1. The van der Waals surface area contributed by atoms with E-state index in [2.05, 4.69) is 4.98 Å². The van der Waals surface area contributed by atoms with E-state index in [4.69, 9.17) is 5.11 Å². The third-order valence-corrected chi connectivity index (χ3v) is 3.15. The van der Waals surface area contributed by atoms with Crippen LogP contribution in [0.15, 0.2) is 54.7 Å². The fraction of sp³-hybridized carbons (Fsp3) is 0.0625. The number of hydrogen-bond acceptors (Lipinski definition) is 3. The van der Waals surface area contributed by atoms with Crippen molar-refractivity contribution < 1.29 is 14.7 Å². The lowest BCUT2D eigenvalue weighted by atomic mass is 10.1. The van der Waals surface area contributed by atoms with Crippen LogP contribution in [0, 0.1) is 0 Å². The fourth-order valence-corrected chi connectivity index (χ4v) is 2.28. The molecule has 3 aromatic rings. The second-order valence-electron chi connectivity index (χ2n) is 4.60. The molecule has 0 saturated carbocycles. The van der Waals surface area contributed by atoms with Crippen LogP contribution in [0.1, 0.15) is 16.9 Å². The van der Waals surface area contributed by atoms with Gasteiger partial charge in [-0.05, 0) is 12.1 Å². The van der Waals surface area contributed by atoms with Crippen molar-refractivity contribution in [2.24, 2.45) is 0 Å². The second-order valence-corrected chi connectivity index (χ2v) is 4.60. The molecule has 0 aliphatic carbocycles. The number of hydrogen-bond donors (Lipinski definition) is 1. The minimum atomic E-state index is -1.15. The van der Waals surface area contributed by atoms with E-state index in [1.54, 1.807) is 22.7 Å². The number of rotatable bonds is 4. The lowest BCUT2D eigenvalue weighted by Crippen LogP contribution is -2.10. The quantitative estimate of drug-likeness (QED) is 0.589. The van der Waals surface area contributed by atoms with Gasteiger partial charge in [0, 0.05) is 11.8 Å². The van der Waals surface area contributed by atoms with Crippen molar-refractivity contribution in [1.82, 2.24) is 9.38 Å². The molecule has 1 aromatic carbocycles. The number of pyridine rings is 1. The fourth-order valence-electron chi connectivity index (χ4n) is 2.28. The van der Waals surface area contributed by atoms with Crippen molar-refractivity contribution in [1.29, 1.82) is 0 Å². The molecule has 0 saturated heterocycles. The number of benzene rings is 1. The average molecular weight is 280 g/mol. The van der Waals surface area contributed by atoms with Gasteiger partial charge in [-0.25, -0.2) is 4.98 Å². The van der Waals surface area contributed by atoms with Crippen molar-refractivity contribution in [2.45, 2.75) is 6.42 Å². The smallest absolute Gasteiger partial charge is 0.311 e. The van der Waals surface area contributed by atoms with Crippen molar-refractivity contribution in [3.8, 4) is 11.3 Å². The third kappa shape index (κ3) is 2.41. The molecule has 0 aliphatic heterocycles. The summed E-state index contributed by atoms with van der Waals surface area (Å²) in [6, 6.07) is 14.7. The van der Waals surface area contributed by atoms with Crippen molar-refractivity contribution in [3.63, 3.8) is 0 Å². The van der Waals surface area contributed by atoms with Crippen molar-refractivity contribution in [3.05, 3.63) is 60.4 Å². The van der Waals surface area contributed by atoms with E-state index in [9.17, 15) is 9.59 Å². The largest absolute Gasteiger partial charge is 0.481 e. The molecule has 1 N–H and O–H groups in total. The molecular weight excluding hydrogens is 268 g/mol. The highest BCUT2D eigenvalue weighted by Gasteiger charge is 2.21. The van der Waals surface area contributed by atoms with Crippen LogP contribution in [-0.2, 0) is 4.79 Å². The molecule has 0 spiro atoms. The van der Waals surface area contributed by atoms with E-state index < -0.39 is 18.2 Å². The van der Waals surface area contributed by atoms with Gasteiger partial charge >= 0.3 is 5.97 Å². The number of fused-ring (bicyclic) bond motifs is 1. The van der Waals surface area contributed by atoms with Gasteiger partial charge in [-0.2, -0.15) is 0 Å². The van der Waals surface area contributed by atoms with Gasteiger partial charge in [0.1, 0.15) is 23.5 Å². The molecular formula is C16H12N2O3. The zero-order valence-corrected chi connectivity index (χ0v) is 11.1. The third-order valence-electron chi connectivity index (χ3n) is 3.15. The molecule has 0 unspecified atom stereocenters. The molecule has 0 bridgehead atoms. The maximum absolute atomic E-state index is 12.3. The minimum Gasteiger partial charge on any atom is -0.481 e. The first-order valence-electron chi connectivity index (χ1n) is 6.44. The Hall–Kier alpha value is -2.95. The first-order valence-corrected chi connectivity index (χ1v) is 6.44. The maximum Gasteiger partial charge on any atom is 0.311 e. The summed E-state index contributed by atoms with van der Waals surface area (Å²) in [5.74, 6) is -1.61. The lowest BCUT2D eigenvalue weighted by Gasteiger charge is -2.03. The number of nitrogens with zero attached hydrogens (tertiary/aromatic N) is 2. The molecule has 5 nitrogen and oxygen atoms in total. The number of aromatic nitrogens is 2. The SMILES string of the molecule is O=C(O)CC(=O)c1c(-c2ccccc2)nc2ccccn12. The maximum atomic E-state index is 12.3. The van der Waals surface area contributed by atoms with Gasteiger partial charge in [0.2, 0.25) is 0 Å². The Morgan fingerprint density at radius 2 is 1.76 bits per heavy atom. The van der Waals surface area contributed by atoms with E-state index in [-0.39, 0.29) is 0 Å². The number of carbonyl (C=O) groups is 2. The van der Waals surface area contributed by atoms with E-state index in [1.165, 1.54) is 0 Å². The lowest BCUT2D eigenvalue weighted by molar-refractivity contribution is -0.135. The molecule has 0 aliphatic rings. The van der Waals surface area contributed by atoms with Crippen LogP contribution in [0.2, 0.25) is 0 Å². The zero-order chi connectivity index (χ0) is 14.8. The Bertz CT molecular complexity index is 822. The Kier molecular flexibility index (Phi) is 3.23. The highest BCUT2D eigenvalue weighted by Crippen LogP contribution is 2.25. The van der Waals surface area contributed by atoms with Crippen LogP contribution in [0.4, 0.5) is 0 Å². The van der Waals surface area contributed by atoms with Gasteiger partial charge in [0.15, 0.2) is 5.78 Å². The number of aliphatic carboxylic acids is 1. The molecule has 5 heteroatoms. The standard InChI is InChI=1S/C16H12N2O3/c19-12(10-14(20)21)16-15(11-6-2-1-3-7-11)17-13-8-4-5-9-18(13)16/h1-9H,10H2,(H,20,21). The molecule has 0 amide bonds. The number of carboxylic acids is 1. The van der Waals surface area contributed by atoms with Gasteiger partial charge in [0.25, 0.3) is 0 Å². The summed E-state index contributed by atoms with van der Waals surface area (Å²) in [6.07, 6.45) is 1.16. The Labute approximate surface area is 120 Å². The van der Waals surface area contributed by atoms with Gasteiger partial charge < -0.3 is 5.11 Å². The zero-order valence-electron chi connectivity index (χ0n) is 11.1. The van der Waals surface area contributed by atoms with E-state index in [0.29, 0.717) is 17.0 Å².